The minimum atomic E-state index is -0.744. The van der Waals surface area contributed by atoms with Gasteiger partial charge in [0.15, 0.2) is 11.9 Å². The third-order valence-electron chi connectivity index (χ3n) is 4.51. The highest BCUT2D eigenvalue weighted by Crippen LogP contribution is 2.36. The van der Waals surface area contributed by atoms with Crippen molar-refractivity contribution < 1.29 is 14.6 Å². The minimum Gasteiger partial charge on any atom is -0.325 e. The number of rotatable bonds is 5. The first-order valence-electron chi connectivity index (χ1n) is 8.48. The summed E-state index contributed by atoms with van der Waals surface area (Å²) in [6.45, 7) is 3.33. The SMILES string of the molecule is CC1(N)CCN(C(OOC(=O)c2cnccn2)c2cccc(Cl)c2Cl)CC1. The molecule has 2 N–H and O–H groups in total. The van der Waals surface area contributed by atoms with Crippen LogP contribution in [0.15, 0.2) is 36.8 Å². The van der Waals surface area contributed by atoms with Crippen molar-refractivity contribution >= 4 is 29.2 Å². The van der Waals surface area contributed by atoms with Gasteiger partial charge in [-0.25, -0.2) is 9.78 Å². The fraction of sp³-hybridized carbons (Fsp3) is 0.389. The molecule has 0 bridgehead atoms. The van der Waals surface area contributed by atoms with Crippen LogP contribution in [0.2, 0.25) is 10.0 Å². The minimum absolute atomic E-state index is 0.0432. The molecular weight excluding hydrogens is 391 g/mol. The van der Waals surface area contributed by atoms with Crippen molar-refractivity contribution in [1.82, 2.24) is 14.9 Å². The number of benzene rings is 1. The van der Waals surface area contributed by atoms with Crippen LogP contribution in [0.5, 0.6) is 0 Å². The van der Waals surface area contributed by atoms with Crippen LogP contribution in [0.1, 0.15) is 42.0 Å². The first kappa shape index (κ1) is 20.0. The second kappa shape index (κ2) is 8.50. The molecule has 9 heteroatoms. The fourth-order valence-electron chi connectivity index (χ4n) is 2.83. The molecule has 3 rings (SSSR count). The Hall–Kier alpha value is -1.77. The van der Waals surface area contributed by atoms with E-state index in [9.17, 15) is 4.79 Å². The van der Waals surface area contributed by atoms with Crippen LogP contribution < -0.4 is 5.73 Å². The predicted octanol–water partition coefficient (Wildman–Crippen LogP) is 3.38. The molecule has 7 nitrogen and oxygen atoms in total. The number of halogens is 2. The molecule has 0 amide bonds. The van der Waals surface area contributed by atoms with Gasteiger partial charge in [0, 0.05) is 36.6 Å². The lowest BCUT2D eigenvalue weighted by molar-refractivity contribution is -0.313. The molecule has 1 aromatic heterocycles. The average Bonchev–Trinajstić information content (AvgIpc) is 2.66. The Morgan fingerprint density at radius 1 is 1.30 bits per heavy atom. The van der Waals surface area contributed by atoms with Gasteiger partial charge in [-0.2, -0.15) is 4.89 Å². The summed E-state index contributed by atoms with van der Waals surface area (Å²) in [5.41, 5.74) is 6.63. The fourth-order valence-corrected chi connectivity index (χ4v) is 3.23. The number of hydrogen-bond donors (Lipinski definition) is 1. The van der Waals surface area contributed by atoms with E-state index < -0.39 is 12.2 Å². The summed E-state index contributed by atoms with van der Waals surface area (Å²) < 4.78 is 0. The number of likely N-dealkylation sites (tertiary alicyclic amines) is 1. The summed E-state index contributed by atoms with van der Waals surface area (Å²) in [6, 6.07) is 5.23. The highest BCUT2D eigenvalue weighted by molar-refractivity contribution is 6.42. The van der Waals surface area contributed by atoms with Crippen LogP contribution in [-0.2, 0) is 9.78 Å². The van der Waals surface area contributed by atoms with Gasteiger partial charge in [0.2, 0.25) is 0 Å². The molecule has 1 saturated heterocycles. The molecule has 1 aromatic carbocycles. The highest BCUT2D eigenvalue weighted by atomic mass is 35.5. The topological polar surface area (TPSA) is 90.6 Å². The third kappa shape index (κ3) is 4.94. The Balaban J connectivity index is 1.80. The smallest absolute Gasteiger partial charge is 0.325 e. The second-order valence-electron chi connectivity index (χ2n) is 6.74. The summed E-state index contributed by atoms with van der Waals surface area (Å²) in [6.07, 6.45) is 4.98. The maximum absolute atomic E-state index is 12.2. The number of carbonyl (C=O) groups excluding carboxylic acids is 1. The number of carbonyl (C=O) groups is 1. The Bertz CT molecular complexity index is 794. The Labute approximate surface area is 167 Å². The molecule has 0 saturated carbocycles. The summed E-state index contributed by atoms with van der Waals surface area (Å²) in [5.74, 6) is -0.744. The van der Waals surface area contributed by atoms with Crippen LogP contribution in [0.25, 0.3) is 0 Å². The van der Waals surface area contributed by atoms with Crippen molar-refractivity contribution in [2.24, 2.45) is 5.73 Å². The molecule has 1 aliphatic rings. The number of hydrogen-bond acceptors (Lipinski definition) is 7. The molecule has 2 heterocycles. The van der Waals surface area contributed by atoms with Crippen molar-refractivity contribution in [2.75, 3.05) is 13.1 Å². The van der Waals surface area contributed by atoms with E-state index in [2.05, 4.69) is 9.97 Å². The van der Waals surface area contributed by atoms with Crippen LogP contribution >= 0.6 is 23.2 Å². The molecule has 2 aromatic rings. The normalized spacial score (nSPS) is 18.1. The van der Waals surface area contributed by atoms with E-state index in [0.29, 0.717) is 28.7 Å². The molecular formula is C18H20Cl2N4O3. The highest BCUT2D eigenvalue weighted by Gasteiger charge is 2.33. The largest absolute Gasteiger partial charge is 0.392 e. The standard InChI is InChI=1S/C18H20Cl2N4O3/c1-18(21)5-9-24(10-6-18)16(12-3-2-4-13(19)15(12)20)26-27-17(25)14-11-22-7-8-23-14/h2-4,7-8,11,16H,5-6,9-10,21H2,1H3. The summed E-state index contributed by atoms with van der Waals surface area (Å²) in [4.78, 5) is 32.5. The van der Waals surface area contributed by atoms with Crippen molar-refractivity contribution in [1.29, 1.82) is 0 Å². The third-order valence-corrected chi connectivity index (χ3v) is 5.34. The second-order valence-corrected chi connectivity index (χ2v) is 7.53. The van der Waals surface area contributed by atoms with E-state index in [1.165, 1.54) is 18.6 Å². The zero-order chi connectivity index (χ0) is 19.4. The van der Waals surface area contributed by atoms with E-state index in [0.717, 1.165) is 12.8 Å². The maximum Gasteiger partial charge on any atom is 0.392 e. The lowest BCUT2D eigenvalue weighted by Crippen LogP contribution is -2.49. The molecule has 0 aliphatic carbocycles. The van der Waals surface area contributed by atoms with E-state index in [4.69, 9.17) is 38.7 Å². The lowest BCUT2D eigenvalue weighted by Gasteiger charge is -2.39. The zero-order valence-electron chi connectivity index (χ0n) is 14.8. The van der Waals surface area contributed by atoms with Gasteiger partial charge in [0.25, 0.3) is 0 Å². The van der Waals surface area contributed by atoms with E-state index in [-0.39, 0.29) is 11.2 Å². The van der Waals surface area contributed by atoms with Crippen LogP contribution in [0.3, 0.4) is 0 Å². The quantitative estimate of drug-likeness (QED) is 0.596. The Morgan fingerprint density at radius 3 is 2.70 bits per heavy atom. The van der Waals surface area contributed by atoms with Gasteiger partial charge in [-0.3, -0.25) is 14.8 Å². The van der Waals surface area contributed by atoms with Crippen LogP contribution in [-0.4, -0.2) is 39.5 Å². The predicted molar refractivity (Wildman–Crippen MR) is 101 cm³/mol. The monoisotopic (exact) mass is 410 g/mol. The van der Waals surface area contributed by atoms with Crippen molar-refractivity contribution in [3.8, 4) is 0 Å². The van der Waals surface area contributed by atoms with Gasteiger partial charge in [0.05, 0.1) is 16.2 Å². The Kier molecular flexibility index (Phi) is 6.29. The zero-order valence-corrected chi connectivity index (χ0v) is 16.3. The maximum atomic E-state index is 12.2. The van der Waals surface area contributed by atoms with Gasteiger partial charge >= 0.3 is 5.97 Å². The lowest BCUT2D eigenvalue weighted by atomic mass is 9.90. The van der Waals surface area contributed by atoms with Crippen LogP contribution in [0.4, 0.5) is 0 Å². The molecule has 1 aliphatic heterocycles. The number of nitrogens with two attached hydrogens (primary N) is 1. The van der Waals surface area contributed by atoms with E-state index >= 15 is 0 Å². The van der Waals surface area contributed by atoms with Crippen molar-refractivity contribution in [3.63, 3.8) is 0 Å². The molecule has 1 atom stereocenters. The van der Waals surface area contributed by atoms with Gasteiger partial charge in [-0.1, -0.05) is 35.3 Å². The van der Waals surface area contributed by atoms with E-state index in [1.807, 2.05) is 11.8 Å². The molecule has 0 spiro atoms. The molecule has 1 fully saturated rings. The first-order valence-corrected chi connectivity index (χ1v) is 9.23. The number of nitrogens with zero attached hydrogens (tertiary/aromatic N) is 3. The number of aromatic nitrogens is 2. The van der Waals surface area contributed by atoms with Gasteiger partial charge in [0.1, 0.15) is 0 Å². The van der Waals surface area contributed by atoms with Crippen molar-refractivity contribution in [2.45, 2.75) is 31.5 Å². The summed E-state index contributed by atoms with van der Waals surface area (Å²) in [7, 11) is 0. The molecule has 27 heavy (non-hydrogen) atoms. The summed E-state index contributed by atoms with van der Waals surface area (Å²) >= 11 is 12.5. The van der Waals surface area contributed by atoms with Gasteiger partial charge < -0.3 is 5.73 Å². The molecule has 1 unspecified atom stereocenters. The Morgan fingerprint density at radius 2 is 2.04 bits per heavy atom. The number of piperidine rings is 1. The average molecular weight is 411 g/mol. The first-order chi connectivity index (χ1) is 12.9. The van der Waals surface area contributed by atoms with Crippen LogP contribution in [0, 0.1) is 0 Å². The molecule has 144 valence electrons. The summed E-state index contributed by atoms with van der Waals surface area (Å²) in [5, 5.41) is 0.740. The van der Waals surface area contributed by atoms with E-state index in [1.54, 1.807) is 18.2 Å². The molecule has 0 radical (unpaired) electrons. The van der Waals surface area contributed by atoms with Gasteiger partial charge in [-0.15, -0.1) is 0 Å². The van der Waals surface area contributed by atoms with Crippen molar-refractivity contribution in [3.05, 3.63) is 58.1 Å². The van der Waals surface area contributed by atoms with Gasteiger partial charge in [-0.05, 0) is 25.8 Å².